The fraction of sp³-hybridized carbons (Fsp3) is 0.562. The molecule has 1 fully saturated rings. The standard InChI is InChI=1S/C16H24N2O2.ClH/c1-18(9-6-13-7-10-20-11-8-13)16(19)15-4-2-14(12-17)3-5-15;/h2-5,13H,6-12,17H2,1H3;1H. The highest BCUT2D eigenvalue weighted by Crippen LogP contribution is 2.19. The molecule has 2 N–H and O–H groups in total. The Morgan fingerprint density at radius 2 is 1.90 bits per heavy atom. The summed E-state index contributed by atoms with van der Waals surface area (Å²) in [5.41, 5.74) is 7.34. The summed E-state index contributed by atoms with van der Waals surface area (Å²) in [6, 6.07) is 7.55. The van der Waals surface area contributed by atoms with Crippen LogP contribution >= 0.6 is 12.4 Å². The van der Waals surface area contributed by atoms with Crippen molar-refractivity contribution >= 4 is 18.3 Å². The third-order valence-corrected chi connectivity index (χ3v) is 4.00. The molecule has 1 aliphatic rings. The van der Waals surface area contributed by atoms with E-state index in [4.69, 9.17) is 10.5 Å². The molecule has 0 bridgehead atoms. The molecule has 21 heavy (non-hydrogen) atoms. The third-order valence-electron chi connectivity index (χ3n) is 4.00. The van der Waals surface area contributed by atoms with E-state index in [1.807, 2.05) is 36.2 Å². The number of carbonyl (C=O) groups is 1. The van der Waals surface area contributed by atoms with Gasteiger partial charge in [0.15, 0.2) is 0 Å². The quantitative estimate of drug-likeness (QED) is 0.908. The smallest absolute Gasteiger partial charge is 0.253 e. The Morgan fingerprint density at radius 1 is 1.29 bits per heavy atom. The highest BCUT2D eigenvalue weighted by molar-refractivity contribution is 5.94. The monoisotopic (exact) mass is 312 g/mol. The summed E-state index contributed by atoms with van der Waals surface area (Å²) in [7, 11) is 1.87. The lowest BCUT2D eigenvalue weighted by Gasteiger charge is -2.25. The molecule has 0 atom stereocenters. The minimum Gasteiger partial charge on any atom is -0.381 e. The van der Waals surface area contributed by atoms with Gasteiger partial charge in [-0.15, -0.1) is 12.4 Å². The summed E-state index contributed by atoms with van der Waals surface area (Å²) in [5, 5.41) is 0. The largest absolute Gasteiger partial charge is 0.381 e. The van der Waals surface area contributed by atoms with Crippen molar-refractivity contribution in [2.75, 3.05) is 26.8 Å². The summed E-state index contributed by atoms with van der Waals surface area (Å²) in [4.78, 5) is 14.1. The van der Waals surface area contributed by atoms with Crippen LogP contribution in [0.4, 0.5) is 0 Å². The van der Waals surface area contributed by atoms with Gasteiger partial charge in [0.2, 0.25) is 0 Å². The number of nitrogens with zero attached hydrogens (tertiary/aromatic N) is 1. The van der Waals surface area contributed by atoms with Gasteiger partial charge in [0.1, 0.15) is 0 Å². The van der Waals surface area contributed by atoms with Crippen LogP contribution in [0.1, 0.15) is 35.2 Å². The lowest BCUT2D eigenvalue weighted by atomic mass is 9.96. The van der Waals surface area contributed by atoms with Crippen molar-refractivity contribution in [2.45, 2.75) is 25.8 Å². The maximum Gasteiger partial charge on any atom is 0.253 e. The molecule has 0 spiro atoms. The van der Waals surface area contributed by atoms with Crippen LogP contribution in [0.25, 0.3) is 0 Å². The van der Waals surface area contributed by atoms with E-state index in [0.717, 1.165) is 50.1 Å². The van der Waals surface area contributed by atoms with Crippen LogP contribution in [-0.4, -0.2) is 37.6 Å². The highest BCUT2D eigenvalue weighted by Gasteiger charge is 2.17. The Labute approximate surface area is 133 Å². The third kappa shape index (κ3) is 5.30. The van der Waals surface area contributed by atoms with Crippen molar-refractivity contribution in [1.29, 1.82) is 0 Å². The van der Waals surface area contributed by atoms with Gasteiger partial charge in [-0.3, -0.25) is 4.79 Å². The zero-order valence-electron chi connectivity index (χ0n) is 12.6. The van der Waals surface area contributed by atoms with Crippen LogP contribution in [0.2, 0.25) is 0 Å². The highest BCUT2D eigenvalue weighted by atomic mass is 35.5. The molecular weight excluding hydrogens is 288 g/mol. The summed E-state index contributed by atoms with van der Waals surface area (Å²) >= 11 is 0. The van der Waals surface area contributed by atoms with Gasteiger partial charge in [0.05, 0.1) is 0 Å². The number of carbonyl (C=O) groups excluding carboxylic acids is 1. The molecule has 118 valence electrons. The maximum absolute atomic E-state index is 12.3. The Hall–Kier alpha value is -1.10. The van der Waals surface area contributed by atoms with E-state index in [-0.39, 0.29) is 18.3 Å². The Kier molecular flexibility index (Phi) is 7.72. The molecule has 1 aromatic rings. The van der Waals surface area contributed by atoms with Crippen molar-refractivity contribution in [2.24, 2.45) is 11.7 Å². The Bertz CT molecular complexity index is 430. The number of rotatable bonds is 5. The minimum absolute atomic E-state index is 0. The predicted octanol–water partition coefficient (Wildman–Crippen LogP) is 2.46. The van der Waals surface area contributed by atoms with Gasteiger partial charge >= 0.3 is 0 Å². The van der Waals surface area contributed by atoms with E-state index >= 15 is 0 Å². The predicted molar refractivity (Wildman–Crippen MR) is 86.7 cm³/mol. The molecule has 5 heteroatoms. The first-order valence-electron chi connectivity index (χ1n) is 7.33. The molecule has 0 saturated carbocycles. The van der Waals surface area contributed by atoms with E-state index in [9.17, 15) is 4.79 Å². The number of ether oxygens (including phenoxy) is 1. The molecule has 4 nitrogen and oxygen atoms in total. The van der Waals surface area contributed by atoms with Gasteiger partial charge in [-0.1, -0.05) is 12.1 Å². The zero-order chi connectivity index (χ0) is 14.4. The molecule has 1 aromatic carbocycles. The first-order valence-corrected chi connectivity index (χ1v) is 7.33. The second-order valence-electron chi connectivity index (χ2n) is 5.47. The second-order valence-corrected chi connectivity index (χ2v) is 5.47. The van der Waals surface area contributed by atoms with E-state index in [2.05, 4.69) is 0 Å². The SMILES string of the molecule is CN(CCC1CCOCC1)C(=O)c1ccc(CN)cc1.Cl. The van der Waals surface area contributed by atoms with Crippen molar-refractivity contribution < 1.29 is 9.53 Å². The summed E-state index contributed by atoms with van der Waals surface area (Å²) in [6.07, 6.45) is 3.30. The van der Waals surface area contributed by atoms with E-state index < -0.39 is 0 Å². The molecule has 0 aromatic heterocycles. The molecule has 0 unspecified atom stereocenters. The average molecular weight is 313 g/mol. The second kappa shape index (κ2) is 9.03. The molecule has 2 rings (SSSR count). The average Bonchev–Trinajstić information content (AvgIpc) is 2.53. The molecule has 1 aliphatic heterocycles. The Balaban J connectivity index is 0.00000220. The van der Waals surface area contributed by atoms with E-state index in [1.54, 1.807) is 0 Å². The fourth-order valence-corrected chi connectivity index (χ4v) is 2.52. The van der Waals surface area contributed by atoms with Gasteiger partial charge in [-0.25, -0.2) is 0 Å². The van der Waals surface area contributed by atoms with Crippen LogP contribution in [0.3, 0.4) is 0 Å². The molecule has 1 heterocycles. The van der Waals surface area contributed by atoms with Crippen molar-refractivity contribution in [3.63, 3.8) is 0 Å². The Morgan fingerprint density at radius 3 is 2.48 bits per heavy atom. The van der Waals surface area contributed by atoms with Crippen LogP contribution < -0.4 is 5.73 Å². The van der Waals surface area contributed by atoms with Gasteiger partial charge in [-0.05, 0) is 42.9 Å². The van der Waals surface area contributed by atoms with Gasteiger partial charge in [0, 0.05) is 38.9 Å². The van der Waals surface area contributed by atoms with Gasteiger partial charge in [0.25, 0.3) is 5.91 Å². The lowest BCUT2D eigenvalue weighted by molar-refractivity contribution is 0.0583. The number of amides is 1. The molecule has 0 radical (unpaired) electrons. The summed E-state index contributed by atoms with van der Waals surface area (Å²) in [6.45, 7) is 3.04. The number of hydrogen-bond donors (Lipinski definition) is 1. The first-order chi connectivity index (χ1) is 9.70. The summed E-state index contributed by atoms with van der Waals surface area (Å²) < 4.78 is 5.35. The number of hydrogen-bond acceptors (Lipinski definition) is 3. The van der Waals surface area contributed by atoms with Crippen molar-refractivity contribution in [3.8, 4) is 0 Å². The van der Waals surface area contributed by atoms with Crippen LogP contribution in [0.5, 0.6) is 0 Å². The van der Waals surface area contributed by atoms with Crippen LogP contribution in [0.15, 0.2) is 24.3 Å². The number of nitrogens with two attached hydrogens (primary N) is 1. The summed E-state index contributed by atoms with van der Waals surface area (Å²) in [5.74, 6) is 0.777. The van der Waals surface area contributed by atoms with Crippen molar-refractivity contribution in [1.82, 2.24) is 4.90 Å². The molecular formula is C16H25ClN2O2. The molecule has 1 amide bonds. The normalized spacial score (nSPS) is 15.3. The topological polar surface area (TPSA) is 55.6 Å². The molecule has 1 saturated heterocycles. The van der Waals surface area contributed by atoms with Crippen LogP contribution in [-0.2, 0) is 11.3 Å². The lowest BCUT2D eigenvalue weighted by Crippen LogP contribution is -2.30. The van der Waals surface area contributed by atoms with Gasteiger partial charge < -0.3 is 15.4 Å². The zero-order valence-corrected chi connectivity index (χ0v) is 13.4. The number of halogens is 1. The van der Waals surface area contributed by atoms with Crippen LogP contribution in [0, 0.1) is 5.92 Å². The van der Waals surface area contributed by atoms with E-state index in [1.165, 1.54) is 0 Å². The number of benzene rings is 1. The fourth-order valence-electron chi connectivity index (χ4n) is 2.52. The van der Waals surface area contributed by atoms with Gasteiger partial charge in [-0.2, -0.15) is 0 Å². The first kappa shape index (κ1) is 18.0. The molecule has 0 aliphatic carbocycles. The van der Waals surface area contributed by atoms with Crippen molar-refractivity contribution in [3.05, 3.63) is 35.4 Å². The van der Waals surface area contributed by atoms with E-state index in [0.29, 0.717) is 12.5 Å². The minimum atomic E-state index is 0. The maximum atomic E-state index is 12.3.